The summed E-state index contributed by atoms with van der Waals surface area (Å²) < 4.78 is 1.63. The maximum atomic E-state index is 11.5. The van der Waals surface area contributed by atoms with Crippen LogP contribution in [0.2, 0.25) is 0 Å². The van der Waals surface area contributed by atoms with Crippen molar-refractivity contribution in [2.24, 2.45) is 13.0 Å². The molecule has 0 radical (unpaired) electrons. The molecule has 1 atom stereocenters. The monoisotopic (exact) mass is 254 g/mol. The number of aliphatic carboxylic acids is 1. The lowest BCUT2D eigenvalue weighted by Gasteiger charge is -2.18. The zero-order valence-electron chi connectivity index (χ0n) is 10.7. The fourth-order valence-electron chi connectivity index (χ4n) is 1.45. The highest BCUT2D eigenvalue weighted by Crippen LogP contribution is 2.01. The normalized spacial score (nSPS) is 12.2. The van der Waals surface area contributed by atoms with E-state index in [1.165, 1.54) is 0 Å². The molecular weight excluding hydrogens is 236 g/mol. The average molecular weight is 254 g/mol. The summed E-state index contributed by atoms with van der Waals surface area (Å²) in [4.78, 5) is 22.4. The van der Waals surface area contributed by atoms with E-state index in [1.807, 2.05) is 0 Å². The Bertz CT molecular complexity index is 428. The number of hydrogen-bond acceptors (Lipinski definition) is 3. The van der Waals surface area contributed by atoms with Crippen LogP contribution in [0.4, 0.5) is 4.79 Å². The summed E-state index contributed by atoms with van der Waals surface area (Å²) in [5, 5.41) is 17.9. The molecule has 100 valence electrons. The summed E-state index contributed by atoms with van der Waals surface area (Å²) >= 11 is 0. The molecule has 1 aromatic heterocycles. The van der Waals surface area contributed by atoms with Gasteiger partial charge in [0.1, 0.15) is 6.04 Å². The van der Waals surface area contributed by atoms with Gasteiger partial charge in [-0.1, -0.05) is 13.8 Å². The van der Waals surface area contributed by atoms with Crippen LogP contribution in [-0.4, -0.2) is 32.9 Å². The number of nitrogens with zero attached hydrogens (tertiary/aromatic N) is 2. The molecule has 0 fully saturated rings. The van der Waals surface area contributed by atoms with Gasteiger partial charge in [-0.25, -0.2) is 9.59 Å². The van der Waals surface area contributed by atoms with Crippen LogP contribution >= 0.6 is 0 Å². The Morgan fingerprint density at radius 1 is 1.50 bits per heavy atom. The standard InChI is InChI=1S/C11H18N4O3/c1-7(2)9(10(16)17)14-11(18)12-4-8-5-13-15(3)6-8/h5-7,9H,4H2,1-3H3,(H,16,17)(H2,12,14,18). The maximum absolute atomic E-state index is 11.5. The minimum absolute atomic E-state index is 0.174. The van der Waals surface area contributed by atoms with E-state index in [2.05, 4.69) is 15.7 Å². The number of carboxylic acids is 1. The molecule has 1 aromatic rings. The SMILES string of the molecule is CC(C)C(NC(=O)NCc1cnn(C)c1)C(=O)O. The van der Waals surface area contributed by atoms with Crippen LogP contribution in [0.5, 0.6) is 0 Å². The van der Waals surface area contributed by atoms with Crippen molar-refractivity contribution < 1.29 is 14.7 Å². The third-order valence-electron chi connectivity index (χ3n) is 2.43. The Morgan fingerprint density at radius 2 is 2.17 bits per heavy atom. The van der Waals surface area contributed by atoms with Crippen molar-refractivity contribution in [3.05, 3.63) is 18.0 Å². The van der Waals surface area contributed by atoms with Crippen LogP contribution < -0.4 is 10.6 Å². The van der Waals surface area contributed by atoms with Crippen molar-refractivity contribution in [2.45, 2.75) is 26.4 Å². The molecule has 1 unspecified atom stereocenters. The Kier molecular flexibility index (Phi) is 4.70. The predicted octanol–water partition coefficient (Wildman–Crippen LogP) is 0.328. The molecule has 2 amide bonds. The van der Waals surface area contributed by atoms with E-state index in [9.17, 15) is 9.59 Å². The average Bonchev–Trinajstić information content (AvgIpc) is 2.68. The van der Waals surface area contributed by atoms with Gasteiger partial charge in [0.05, 0.1) is 6.20 Å². The lowest BCUT2D eigenvalue weighted by Crippen LogP contribution is -2.48. The van der Waals surface area contributed by atoms with E-state index in [1.54, 1.807) is 38.0 Å². The van der Waals surface area contributed by atoms with Gasteiger partial charge in [-0.15, -0.1) is 0 Å². The summed E-state index contributed by atoms with van der Waals surface area (Å²) in [5.74, 6) is -1.21. The number of hydrogen-bond donors (Lipinski definition) is 3. The van der Waals surface area contributed by atoms with Crippen molar-refractivity contribution in [2.75, 3.05) is 0 Å². The maximum Gasteiger partial charge on any atom is 0.326 e. The van der Waals surface area contributed by atoms with Gasteiger partial charge in [-0.2, -0.15) is 5.10 Å². The van der Waals surface area contributed by atoms with E-state index in [0.29, 0.717) is 6.54 Å². The number of carbonyl (C=O) groups excluding carboxylic acids is 1. The smallest absolute Gasteiger partial charge is 0.326 e. The lowest BCUT2D eigenvalue weighted by molar-refractivity contribution is -0.140. The van der Waals surface area contributed by atoms with Gasteiger partial charge in [0, 0.05) is 25.4 Å². The van der Waals surface area contributed by atoms with E-state index in [-0.39, 0.29) is 5.92 Å². The molecule has 0 aliphatic heterocycles. The second kappa shape index (κ2) is 6.04. The first-order valence-electron chi connectivity index (χ1n) is 5.65. The molecule has 0 saturated carbocycles. The highest BCUT2D eigenvalue weighted by molar-refractivity contribution is 5.82. The van der Waals surface area contributed by atoms with Gasteiger partial charge in [0.15, 0.2) is 0 Å². The first-order valence-corrected chi connectivity index (χ1v) is 5.65. The van der Waals surface area contributed by atoms with E-state index in [4.69, 9.17) is 5.11 Å². The largest absolute Gasteiger partial charge is 0.480 e. The van der Waals surface area contributed by atoms with Gasteiger partial charge in [-0.3, -0.25) is 4.68 Å². The first-order chi connectivity index (χ1) is 8.40. The topological polar surface area (TPSA) is 96.3 Å². The molecular formula is C11H18N4O3. The molecule has 0 aliphatic rings. The van der Waals surface area contributed by atoms with Crippen LogP contribution in [0, 0.1) is 5.92 Å². The zero-order chi connectivity index (χ0) is 13.7. The minimum atomic E-state index is -1.04. The second-order valence-corrected chi connectivity index (χ2v) is 4.41. The van der Waals surface area contributed by atoms with Crippen molar-refractivity contribution >= 4 is 12.0 Å². The summed E-state index contributed by atoms with van der Waals surface area (Å²) in [6.45, 7) is 3.78. The molecule has 1 heterocycles. The van der Waals surface area contributed by atoms with Gasteiger partial charge in [0.2, 0.25) is 0 Å². The number of aryl methyl sites for hydroxylation is 1. The highest BCUT2D eigenvalue weighted by Gasteiger charge is 2.23. The van der Waals surface area contributed by atoms with Crippen LogP contribution in [0.1, 0.15) is 19.4 Å². The quantitative estimate of drug-likeness (QED) is 0.705. The number of carboxylic acid groups (broad SMARTS) is 1. The van der Waals surface area contributed by atoms with Crippen LogP contribution in [0.3, 0.4) is 0 Å². The first kappa shape index (κ1) is 14.0. The molecule has 0 bridgehead atoms. The van der Waals surface area contributed by atoms with E-state index < -0.39 is 18.0 Å². The fraction of sp³-hybridized carbons (Fsp3) is 0.545. The highest BCUT2D eigenvalue weighted by atomic mass is 16.4. The zero-order valence-corrected chi connectivity index (χ0v) is 10.7. The van der Waals surface area contributed by atoms with E-state index >= 15 is 0 Å². The molecule has 18 heavy (non-hydrogen) atoms. The van der Waals surface area contributed by atoms with Crippen molar-refractivity contribution in [3.63, 3.8) is 0 Å². The van der Waals surface area contributed by atoms with Crippen LogP contribution in [0.25, 0.3) is 0 Å². The fourth-order valence-corrected chi connectivity index (χ4v) is 1.45. The van der Waals surface area contributed by atoms with Crippen molar-refractivity contribution in [1.29, 1.82) is 0 Å². The molecule has 0 aromatic carbocycles. The third kappa shape index (κ3) is 4.08. The summed E-state index contributed by atoms with van der Waals surface area (Å²) in [7, 11) is 1.78. The predicted molar refractivity (Wildman–Crippen MR) is 64.8 cm³/mol. The molecule has 3 N–H and O–H groups in total. The number of amides is 2. The third-order valence-corrected chi connectivity index (χ3v) is 2.43. The Morgan fingerprint density at radius 3 is 2.61 bits per heavy atom. The van der Waals surface area contributed by atoms with Gasteiger partial charge < -0.3 is 15.7 Å². The van der Waals surface area contributed by atoms with Crippen molar-refractivity contribution in [1.82, 2.24) is 20.4 Å². The molecule has 0 aliphatic carbocycles. The molecule has 7 heteroatoms. The molecule has 1 rings (SSSR count). The number of urea groups is 1. The van der Waals surface area contributed by atoms with Gasteiger partial charge in [-0.05, 0) is 5.92 Å². The summed E-state index contributed by atoms with van der Waals surface area (Å²) in [6, 6.07) is -1.39. The Balaban J connectivity index is 2.43. The van der Waals surface area contributed by atoms with Gasteiger partial charge >= 0.3 is 12.0 Å². The van der Waals surface area contributed by atoms with Crippen LogP contribution in [-0.2, 0) is 18.4 Å². The van der Waals surface area contributed by atoms with Gasteiger partial charge in [0.25, 0.3) is 0 Å². The summed E-state index contributed by atoms with van der Waals surface area (Å²) in [5.41, 5.74) is 0.851. The number of nitrogens with one attached hydrogen (secondary N) is 2. The van der Waals surface area contributed by atoms with Crippen molar-refractivity contribution in [3.8, 4) is 0 Å². The molecule has 0 spiro atoms. The lowest BCUT2D eigenvalue weighted by atomic mass is 10.1. The Labute approximate surface area is 105 Å². The molecule has 7 nitrogen and oxygen atoms in total. The number of carbonyl (C=O) groups is 2. The Hall–Kier alpha value is -2.05. The second-order valence-electron chi connectivity index (χ2n) is 4.41. The number of aromatic nitrogens is 2. The minimum Gasteiger partial charge on any atom is -0.480 e. The molecule has 0 saturated heterocycles. The van der Waals surface area contributed by atoms with Crippen LogP contribution in [0.15, 0.2) is 12.4 Å². The van der Waals surface area contributed by atoms with E-state index in [0.717, 1.165) is 5.56 Å². The number of rotatable bonds is 5. The summed E-state index contributed by atoms with van der Waals surface area (Å²) in [6.07, 6.45) is 3.41.